The molecule has 0 fully saturated rings. The van der Waals surface area contributed by atoms with Gasteiger partial charge in [-0.1, -0.05) is 30.3 Å². The summed E-state index contributed by atoms with van der Waals surface area (Å²) in [6, 6.07) is 10.0. The Kier molecular flexibility index (Phi) is 4.83. The standard InChI is InChI=1S/C10H14O.Mg.2H/c1-10(2,11)8-9-6-4-3-5-7-9;;;/h3-7,11H,8H2,1-2H3;;;. The highest BCUT2D eigenvalue weighted by molar-refractivity contribution is 5.75. The van der Waals surface area contributed by atoms with E-state index in [-0.39, 0.29) is 23.1 Å². The molecule has 0 spiro atoms. The van der Waals surface area contributed by atoms with E-state index in [2.05, 4.69) is 0 Å². The third kappa shape index (κ3) is 4.75. The molecule has 0 amide bonds. The first kappa shape index (κ1) is 11.9. The van der Waals surface area contributed by atoms with E-state index in [4.69, 9.17) is 0 Å². The van der Waals surface area contributed by atoms with Crippen molar-refractivity contribution in [1.29, 1.82) is 0 Å². The van der Waals surface area contributed by atoms with E-state index in [0.29, 0.717) is 6.42 Å². The molecule has 1 nitrogen and oxygen atoms in total. The van der Waals surface area contributed by atoms with E-state index in [1.54, 1.807) is 0 Å². The maximum absolute atomic E-state index is 9.47. The lowest BCUT2D eigenvalue weighted by molar-refractivity contribution is 0.0810. The van der Waals surface area contributed by atoms with Crippen LogP contribution in [0.5, 0.6) is 0 Å². The van der Waals surface area contributed by atoms with Crippen molar-refractivity contribution < 1.29 is 5.11 Å². The Labute approximate surface area is 90.0 Å². The smallest absolute Gasteiger partial charge is 0.316 e. The zero-order valence-electron chi connectivity index (χ0n) is 7.04. The summed E-state index contributed by atoms with van der Waals surface area (Å²) in [4.78, 5) is 0. The van der Waals surface area contributed by atoms with Crippen LogP contribution in [0.2, 0.25) is 0 Å². The first-order valence-electron chi connectivity index (χ1n) is 3.84. The summed E-state index contributed by atoms with van der Waals surface area (Å²) < 4.78 is 0. The fraction of sp³-hybridized carbons (Fsp3) is 0.400. The minimum Gasteiger partial charge on any atom is -0.390 e. The summed E-state index contributed by atoms with van der Waals surface area (Å²) in [6.07, 6.45) is 0.716. The monoisotopic (exact) mass is 176 g/mol. The van der Waals surface area contributed by atoms with Crippen molar-refractivity contribution in [1.82, 2.24) is 0 Å². The van der Waals surface area contributed by atoms with Gasteiger partial charge in [0.1, 0.15) is 0 Å². The average Bonchev–Trinajstić information content (AvgIpc) is 1.85. The molecule has 0 atom stereocenters. The van der Waals surface area contributed by atoms with Gasteiger partial charge in [0, 0.05) is 6.42 Å². The summed E-state index contributed by atoms with van der Waals surface area (Å²) >= 11 is 0. The van der Waals surface area contributed by atoms with Gasteiger partial charge in [-0.15, -0.1) is 0 Å². The molecule has 0 unspecified atom stereocenters. The second-order valence-corrected chi connectivity index (χ2v) is 3.47. The minimum absolute atomic E-state index is 0. The molecule has 0 aromatic heterocycles. The molecule has 2 heteroatoms. The molecule has 64 valence electrons. The number of hydrogen-bond acceptors (Lipinski definition) is 1. The molecule has 0 saturated carbocycles. The SMILES string of the molecule is CC(C)(O)Cc1ccccc1.[MgH2]. The maximum atomic E-state index is 9.47. The highest BCUT2D eigenvalue weighted by Gasteiger charge is 2.12. The van der Waals surface area contributed by atoms with Crippen molar-refractivity contribution >= 4 is 23.1 Å². The molecule has 0 saturated heterocycles. The Balaban J connectivity index is 0.00000121. The van der Waals surface area contributed by atoms with Crippen molar-refractivity contribution in [2.24, 2.45) is 0 Å². The van der Waals surface area contributed by atoms with Crippen molar-refractivity contribution in [2.45, 2.75) is 25.9 Å². The summed E-state index contributed by atoms with van der Waals surface area (Å²) in [5, 5.41) is 9.47. The Morgan fingerprint density at radius 2 is 1.67 bits per heavy atom. The zero-order chi connectivity index (χ0) is 8.32. The van der Waals surface area contributed by atoms with Crippen LogP contribution in [0.4, 0.5) is 0 Å². The summed E-state index contributed by atoms with van der Waals surface area (Å²) in [5.41, 5.74) is 0.585. The van der Waals surface area contributed by atoms with Crippen molar-refractivity contribution in [3.05, 3.63) is 35.9 Å². The second-order valence-electron chi connectivity index (χ2n) is 3.47. The molecule has 1 aromatic carbocycles. The zero-order valence-corrected chi connectivity index (χ0v) is 7.04. The Morgan fingerprint density at radius 1 is 1.17 bits per heavy atom. The molecule has 1 N–H and O–H groups in total. The van der Waals surface area contributed by atoms with Crippen LogP contribution in [0, 0.1) is 0 Å². The van der Waals surface area contributed by atoms with Crippen molar-refractivity contribution in [3.63, 3.8) is 0 Å². The van der Waals surface area contributed by atoms with E-state index >= 15 is 0 Å². The van der Waals surface area contributed by atoms with Gasteiger partial charge in [-0.25, -0.2) is 0 Å². The van der Waals surface area contributed by atoms with Crippen LogP contribution >= 0.6 is 0 Å². The first-order valence-corrected chi connectivity index (χ1v) is 3.84. The lowest BCUT2D eigenvalue weighted by Gasteiger charge is -2.16. The van der Waals surface area contributed by atoms with Gasteiger partial charge >= 0.3 is 23.1 Å². The molecule has 0 aliphatic rings. The molecule has 1 aromatic rings. The molecule has 0 radical (unpaired) electrons. The third-order valence-corrected chi connectivity index (χ3v) is 1.48. The fourth-order valence-electron chi connectivity index (χ4n) is 1.10. The largest absolute Gasteiger partial charge is 0.390 e. The molecule has 0 aliphatic heterocycles. The number of benzene rings is 1. The molecule has 12 heavy (non-hydrogen) atoms. The van der Waals surface area contributed by atoms with Crippen LogP contribution in [-0.4, -0.2) is 33.8 Å². The summed E-state index contributed by atoms with van der Waals surface area (Å²) in [7, 11) is 0. The lowest BCUT2D eigenvalue weighted by Crippen LogP contribution is -2.21. The molecule has 0 aliphatic carbocycles. The molecular formula is C10H16MgO. The van der Waals surface area contributed by atoms with Gasteiger partial charge < -0.3 is 5.11 Å². The van der Waals surface area contributed by atoms with Crippen LogP contribution in [0.1, 0.15) is 19.4 Å². The highest BCUT2D eigenvalue weighted by atomic mass is 24.3. The van der Waals surface area contributed by atoms with E-state index in [1.165, 1.54) is 5.56 Å². The highest BCUT2D eigenvalue weighted by Crippen LogP contribution is 2.10. The van der Waals surface area contributed by atoms with Crippen molar-refractivity contribution in [2.75, 3.05) is 0 Å². The topological polar surface area (TPSA) is 20.2 Å². The quantitative estimate of drug-likeness (QED) is 0.669. The van der Waals surface area contributed by atoms with Gasteiger partial charge in [0.2, 0.25) is 0 Å². The van der Waals surface area contributed by atoms with E-state index in [0.717, 1.165) is 0 Å². The summed E-state index contributed by atoms with van der Waals surface area (Å²) in [5.74, 6) is 0. The minimum atomic E-state index is -0.596. The first-order chi connectivity index (χ1) is 5.08. The predicted octanol–water partition coefficient (Wildman–Crippen LogP) is 1.08. The Bertz CT molecular complexity index is 213. The van der Waals surface area contributed by atoms with Crippen LogP contribution in [0.3, 0.4) is 0 Å². The maximum Gasteiger partial charge on any atom is 0.316 e. The van der Waals surface area contributed by atoms with Gasteiger partial charge in [-0.2, -0.15) is 0 Å². The average molecular weight is 177 g/mol. The Morgan fingerprint density at radius 3 is 2.08 bits per heavy atom. The third-order valence-electron chi connectivity index (χ3n) is 1.48. The van der Waals surface area contributed by atoms with Gasteiger partial charge in [-0.05, 0) is 19.4 Å². The molecule has 1 rings (SSSR count). The molecule has 0 bridgehead atoms. The number of rotatable bonds is 2. The normalized spacial score (nSPS) is 10.6. The van der Waals surface area contributed by atoms with Gasteiger partial charge in [0.15, 0.2) is 0 Å². The number of hydrogen-bond donors (Lipinski definition) is 1. The summed E-state index contributed by atoms with van der Waals surface area (Å²) in [6.45, 7) is 3.64. The van der Waals surface area contributed by atoms with E-state index in [9.17, 15) is 5.11 Å². The molecular weight excluding hydrogens is 160 g/mol. The van der Waals surface area contributed by atoms with Crippen LogP contribution in [0.15, 0.2) is 30.3 Å². The predicted molar refractivity (Wildman–Crippen MR) is 55.0 cm³/mol. The van der Waals surface area contributed by atoms with Crippen LogP contribution in [-0.2, 0) is 6.42 Å². The van der Waals surface area contributed by atoms with Gasteiger partial charge in [0.05, 0.1) is 5.60 Å². The Hall–Kier alpha value is -0.0538. The van der Waals surface area contributed by atoms with E-state index < -0.39 is 5.60 Å². The lowest BCUT2D eigenvalue weighted by atomic mass is 9.99. The van der Waals surface area contributed by atoms with Gasteiger partial charge in [0.25, 0.3) is 0 Å². The van der Waals surface area contributed by atoms with E-state index in [1.807, 2.05) is 44.2 Å². The van der Waals surface area contributed by atoms with Gasteiger partial charge in [-0.3, -0.25) is 0 Å². The number of aliphatic hydroxyl groups is 1. The van der Waals surface area contributed by atoms with Crippen LogP contribution in [0.25, 0.3) is 0 Å². The molecule has 0 heterocycles. The second kappa shape index (κ2) is 4.85. The van der Waals surface area contributed by atoms with Crippen molar-refractivity contribution in [3.8, 4) is 0 Å². The fourth-order valence-corrected chi connectivity index (χ4v) is 1.10. The van der Waals surface area contributed by atoms with Crippen LogP contribution < -0.4 is 0 Å².